The summed E-state index contributed by atoms with van der Waals surface area (Å²) >= 11 is 5.33. The van der Waals surface area contributed by atoms with Crippen LogP contribution in [0.4, 0.5) is 5.69 Å². The summed E-state index contributed by atoms with van der Waals surface area (Å²) in [6, 6.07) is 7.80. The average molecular weight is 347 g/mol. The molecule has 0 aliphatic carbocycles. The first-order valence-electron chi connectivity index (χ1n) is 8.22. The standard InChI is InChI=1S/C18H25N3O2S/c1-5-7-14-15(17(22)23-6-2)16(20-18(24)19-14)12-8-10-13(11-9-12)21(3)4/h8-11,16H,5-7H2,1-4H3,(H2,19,20,24)/t16-/m0/s1. The molecule has 2 rings (SSSR count). The molecule has 0 aromatic heterocycles. The number of thiocarbonyl (C=S) groups is 1. The summed E-state index contributed by atoms with van der Waals surface area (Å²) in [5.74, 6) is -0.301. The average Bonchev–Trinajstić information content (AvgIpc) is 2.55. The maximum Gasteiger partial charge on any atom is 0.338 e. The van der Waals surface area contributed by atoms with E-state index in [4.69, 9.17) is 17.0 Å². The second-order valence-electron chi connectivity index (χ2n) is 5.88. The van der Waals surface area contributed by atoms with Gasteiger partial charge in [0.2, 0.25) is 0 Å². The van der Waals surface area contributed by atoms with Crippen molar-refractivity contribution >= 4 is 29.0 Å². The van der Waals surface area contributed by atoms with Gasteiger partial charge in [0.1, 0.15) is 0 Å². The zero-order valence-corrected chi connectivity index (χ0v) is 15.5. The largest absolute Gasteiger partial charge is 0.463 e. The van der Waals surface area contributed by atoms with Crippen molar-refractivity contribution in [1.29, 1.82) is 0 Å². The third-order valence-corrected chi connectivity index (χ3v) is 4.11. The molecule has 2 N–H and O–H groups in total. The summed E-state index contributed by atoms with van der Waals surface area (Å²) < 4.78 is 5.28. The lowest BCUT2D eigenvalue weighted by atomic mass is 9.93. The molecule has 0 spiro atoms. The van der Waals surface area contributed by atoms with Crippen molar-refractivity contribution in [3.63, 3.8) is 0 Å². The second kappa shape index (κ2) is 8.15. The van der Waals surface area contributed by atoms with Crippen LogP contribution in [-0.2, 0) is 9.53 Å². The lowest BCUT2D eigenvalue weighted by Gasteiger charge is -2.31. The molecule has 1 aromatic rings. The molecule has 0 unspecified atom stereocenters. The van der Waals surface area contributed by atoms with Crippen LogP contribution in [0.5, 0.6) is 0 Å². The van der Waals surface area contributed by atoms with Crippen molar-refractivity contribution in [3.8, 4) is 0 Å². The molecule has 1 atom stereocenters. The second-order valence-corrected chi connectivity index (χ2v) is 6.29. The Kier molecular flexibility index (Phi) is 6.20. The van der Waals surface area contributed by atoms with Crippen molar-refractivity contribution in [2.75, 3.05) is 25.6 Å². The van der Waals surface area contributed by atoms with Crippen molar-refractivity contribution in [3.05, 3.63) is 41.1 Å². The molecule has 24 heavy (non-hydrogen) atoms. The number of esters is 1. The molecule has 130 valence electrons. The van der Waals surface area contributed by atoms with Gasteiger partial charge in [0.25, 0.3) is 0 Å². The molecule has 6 heteroatoms. The summed E-state index contributed by atoms with van der Waals surface area (Å²) in [5.41, 5.74) is 3.55. The van der Waals surface area contributed by atoms with E-state index in [1.54, 1.807) is 0 Å². The van der Waals surface area contributed by atoms with E-state index in [1.807, 2.05) is 50.2 Å². The summed E-state index contributed by atoms with van der Waals surface area (Å²) in [7, 11) is 3.99. The molecule has 1 aliphatic heterocycles. The van der Waals surface area contributed by atoms with Gasteiger partial charge in [-0.3, -0.25) is 0 Å². The van der Waals surface area contributed by atoms with Gasteiger partial charge in [0.05, 0.1) is 18.2 Å². The first-order chi connectivity index (χ1) is 11.5. The van der Waals surface area contributed by atoms with Crippen LogP contribution in [0.2, 0.25) is 0 Å². The summed E-state index contributed by atoms with van der Waals surface area (Å²) in [5, 5.41) is 6.87. The van der Waals surface area contributed by atoms with Crippen LogP contribution in [0, 0.1) is 0 Å². The maximum atomic E-state index is 12.5. The highest BCUT2D eigenvalue weighted by atomic mass is 32.1. The number of carbonyl (C=O) groups is 1. The van der Waals surface area contributed by atoms with Gasteiger partial charge in [-0.25, -0.2) is 4.79 Å². The molecule has 1 aliphatic rings. The van der Waals surface area contributed by atoms with E-state index in [-0.39, 0.29) is 12.0 Å². The number of nitrogens with one attached hydrogen (secondary N) is 2. The molecule has 0 saturated carbocycles. The van der Waals surface area contributed by atoms with Crippen LogP contribution in [0.3, 0.4) is 0 Å². The van der Waals surface area contributed by atoms with Gasteiger partial charge >= 0.3 is 5.97 Å². The van der Waals surface area contributed by atoms with Gasteiger partial charge < -0.3 is 20.3 Å². The van der Waals surface area contributed by atoms with E-state index in [9.17, 15) is 4.79 Å². The Bertz CT molecular complexity index is 638. The van der Waals surface area contributed by atoms with Crippen molar-refractivity contribution < 1.29 is 9.53 Å². The van der Waals surface area contributed by atoms with Crippen LogP contribution in [0.25, 0.3) is 0 Å². The Morgan fingerprint density at radius 1 is 1.25 bits per heavy atom. The van der Waals surface area contributed by atoms with E-state index in [2.05, 4.69) is 17.6 Å². The van der Waals surface area contributed by atoms with E-state index in [1.165, 1.54) is 0 Å². The fourth-order valence-corrected chi connectivity index (χ4v) is 2.97. The minimum absolute atomic E-state index is 0.296. The van der Waals surface area contributed by atoms with Crippen molar-refractivity contribution in [2.45, 2.75) is 32.7 Å². The van der Waals surface area contributed by atoms with Crippen LogP contribution >= 0.6 is 12.2 Å². The Labute approximate surface area is 149 Å². The van der Waals surface area contributed by atoms with E-state index >= 15 is 0 Å². The lowest BCUT2D eigenvalue weighted by Crippen LogP contribution is -2.45. The minimum Gasteiger partial charge on any atom is -0.463 e. The number of anilines is 1. The highest BCUT2D eigenvalue weighted by Crippen LogP contribution is 2.30. The van der Waals surface area contributed by atoms with Crippen LogP contribution in [0.1, 0.15) is 38.3 Å². The Hall–Kier alpha value is -2.08. The number of hydrogen-bond acceptors (Lipinski definition) is 4. The Balaban J connectivity index is 2.44. The third kappa shape index (κ3) is 4.06. The number of nitrogens with zero attached hydrogens (tertiary/aromatic N) is 1. The van der Waals surface area contributed by atoms with Gasteiger partial charge in [-0.15, -0.1) is 0 Å². The quantitative estimate of drug-likeness (QED) is 0.610. The first kappa shape index (κ1) is 18.3. The zero-order chi connectivity index (χ0) is 17.7. The number of ether oxygens (including phenoxy) is 1. The normalized spacial score (nSPS) is 17.2. The molecule has 0 bridgehead atoms. The third-order valence-electron chi connectivity index (χ3n) is 3.89. The Morgan fingerprint density at radius 3 is 2.46 bits per heavy atom. The van der Waals surface area contributed by atoms with E-state index in [0.717, 1.165) is 29.8 Å². The fourth-order valence-electron chi connectivity index (χ4n) is 2.73. The predicted octanol–water partition coefficient (Wildman–Crippen LogP) is 2.89. The fraction of sp³-hybridized carbons (Fsp3) is 0.444. The molecule has 1 aromatic carbocycles. The number of benzene rings is 1. The molecular formula is C18H25N3O2S. The van der Waals surface area contributed by atoms with Gasteiger partial charge in [-0.2, -0.15) is 0 Å². The number of hydrogen-bond donors (Lipinski definition) is 2. The molecule has 0 saturated heterocycles. The van der Waals surface area contributed by atoms with Crippen molar-refractivity contribution in [1.82, 2.24) is 10.6 Å². The number of carbonyl (C=O) groups excluding carboxylic acids is 1. The lowest BCUT2D eigenvalue weighted by molar-refractivity contribution is -0.139. The molecule has 0 fully saturated rings. The van der Waals surface area contributed by atoms with Crippen molar-refractivity contribution in [2.24, 2.45) is 0 Å². The zero-order valence-electron chi connectivity index (χ0n) is 14.7. The van der Waals surface area contributed by atoms with E-state index in [0.29, 0.717) is 17.3 Å². The number of allylic oxidation sites excluding steroid dienone is 1. The summed E-state index contributed by atoms with van der Waals surface area (Å²) in [6.45, 7) is 4.23. The molecule has 5 nitrogen and oxygen atoms in total. The Morgan fingerprint density at radius 2 is 1.92 bits per heavy atom. The smallest absolute Gasteiger partial charge is 0.338 e. The molecule has 1 heterocycles. The SMILES string of the molecule is CCCC1=C(C(=O)OCC)[C@H](c2ccc(N(C)C)cc2)NC(=S)N1. The summed E-state index contributed by atoms with van der Waals surface area (Å²) in [4.78, 5) is 14.6. The highest BCUT2D eigenvalue weighted by molar-refractivity contribution is 7.80. The van der Waals surface area contributed by atoms with Crippen LogP contribution < -0.4 is 15.5 Å². The van der Waals surface area contributed by atoms with Gasteiger partial charge in [0, 0.05) is 25.5 Å². The molecular weight excluding hydrogens is 322 g/mol. The molecule has 0 radical (unpaired) electrons. The van der Waals surface area contributed by atoms with Gasteiger partial charge in [-0.05, 0) is 43.3 Å². The predicted molar refractivity (Wildman–Crippen MR) is 101 cm³/mol. The minimum atomic E-state index is -0.301. The van der Waals surface area contributed by atoms with Gasteiger partial charge in [-0.1, -0.05) is 25.5 Å². The maximum absolute atomic E-state index is 12.5. The van der Waals surface area contributed by atoms with Gasteiger partial charge in [0.15, 0.2) is 5.11 Å². The highest BCUT2D eigenvalue weighted by Gasteiger charge is 2.31. The van der Waals surface area contributed by atoms with Crippen LogP contribution in [-0.4, -0.2) is 31.8 Å². The number of rotatable bonds is 6. The topological polar surface area (TPSA) is 53.6 Å². The van der Waals surface area contributed by atoms with Crippen LogP contribution in [0.15, 0.2) is 35.5 Å². The first-order valence-corrected chi connectivity index (χ1v) is 8.63. The molecule has 0 amide bonds. The van der Waals surface area contributed by atoms with E-state index < -0.39 is 0 Å². The monoisotopic (exact) mass is 347 g/mol. The summed E-state index contributed by atoms with van der Waals surface area (Å²) in [6.07, 6.45) is 1.67.